The van der Waals surface area contributed by atoms with Gasteiger partial charge in [-0.05, 0) is 54.1 Å². The van der Waals surface area contributed by atoms with Gasteiger partial charge in [0.05, 0.1) is 29.6 Å². The van der Waals surface area contributed by atoms with E-state index in [1.807, 2.05) is 42.5 Å². The lowest BCUT2D eigenvalue weighted by atomic mass is 10.0. The molecule has 0 saturated heterocycles. The van der Waals surface area contributed by atoms with Gasteiger partial charge in [-0.1, -0.05) is 48.5 Å². The number of methoxy groups -OCH3 is 1. The van der Waals surface area contributed by atoms with Crippen molar-refractivity contribution in [2.45, 2.75) is 13.0 Å². The van der Waals surface area contributed by atoms with Crippen LogP contribution in [0.5, 0.6) is 11.5 Å². The van der Waals surface area contributed by atoms with Crippen molar-refractivity contribution in [2.75, 3.05) is 7.11 Å². The van der Waals surface area contributed by atoms with Crippen LogP contribution in [0.15, 0.2) is 99.2 Å². The number of ether oxygens (including phenoxy) is 2. The van der Waals surface area contributed by atoms with Gasteiger partial charge in [0.2, 0.25) is 5.82 Å². The van der Waals surface area contributed by atoms with Crippen LogP contribution >= 0.6 is 0 Å². The number of aliphatic carboxylic acids is 1. The Morgan fingerprint density at radius 3 is 2.55 bits per heavy atom. The normalized spacial score (nSPS) is 12.3. The first-order valence-corrected chi connectivity index (χ1v) is 12.5. The van der Waals surface area contributed by atoms with Crippen molar-refractivity contribution in [3.8, 4) is 23.1 Å². The van der Waals surface area contributed by atoms with Crippen molar-refractivity contribution in [3.05, 3.63) is 101 Å². The Labute approximate surface area is 227 Å². The highest BCUT2D eigenvalue weighted by Crippen LogP contribution is 2.33. The molecule has 0 aliphatic heterocycles. The quantitative estimate of drug-likeness (QED) is 0.262. The van der Waals surface area contributed by atoms with Crippen molar-refractivity contribution < 1.29 is 23.8 Å². The van der Waals surface area contributed by atoms with Crippen molar-refractivity contribution in [3.63, 3.8) is 0 Å². The Hall–Kier alpha value is -5.44. The summed E-state index contributed by atoms with van der Waals surface area (Å²) in [4.78, 5) is 30.0. The smallest absolute Gasteiger partial charge is 0.344 e. The van der Waals surface area contributed by atoms with Crippen LogP contribution in [0.2, 0.25) is 0 Å². The van der Waals surface area contributed by atoms with E-state index in [1.165, 1.54) is 17.8 Å². The van der Waals surface area contributed by atoms with E-state index >= 15 is 0 Å². The second kappa shape index (κ2) is 10.0. The summed E-state index contributed by atoms with van der Waals surface area (Å²) in [6, 6.07) is 25.3. The summed E-state index contributed by atoms with van der Waals surface area (Å²) in [5.74, 6) is 0.353. The number of hydrogen-bond donors (Lipinski definition) is 1. The third kappa shape index (κ3) is 4.33. The molecule has 2 heterocycles. The fourth-order valence-corrected chi connectivity index (χ4v) is 4.58. The molecule has 0 amide bonds. The topological polar surface area (TPSA) is 116 Å². The van der Waals surface area contributed by atoms with E-state index < -0.39 is 17.6 Å². The first kappa shape index (κ1) is 24.9. The van der Waals surface area contributed by atoms with Crippen LogP contribution in [0, 0.1) is 0 Å². The fourth-order valence-electron chi connectivity index (χ4n) is 4.58. The van der Waals surface area contributed by atoms with E-state index in [-0.39, 0.29) is 5.82 Å². The van der Waals surface area contributed by atoms with Crippen molar-refractivity contribution in [1.29, 1.82) is 0 Å². The van der Waals surface area contributed by atoms with E-state index in [9.17, 15) is 14.7 Å². The predicted molar refractivity (Wildman–Crippen MR) is 152 cm³/mol. The number of hydrogen-bond acceptors (Lipinski definition) is 7. The van der Waals surface area contributed by atoms with Crippen LogP contribution in [0.1, 0.15) is 12.5 Å². The maximum absolute atomic E-state index is 13.7. The van der Waals surface area contributed by atoms with Gasteiger partial charge in [-0.2, -0.15) is 9.78 Å². The molecule has 2 aromatic heterocycles. The molecule has 0 unspecified atom stereocenters. The number of para-hydroxylation sites is 1. The van der Waals surface area contributed by atoms with Gasteiger partial charge in [0.15, 0.2) is 11.9 Å². The minimum absolute atomic E-state index is 0.194. The minimum Gasteiger partial charge on any atom is -0.496 e. The van der Waals surface area contributed by atoms with E-state index in [2.05, 4.69) is 5.10 Å². The van der Waals surface area contributed by atoms with Gasteiger partial charge >= 0.3 is 5.97 Å². The summed E-state index contributed by atoms with van der Waals surface area (Å²) in [7, 11) is 1.57. The lowest BCUT2D eigenvalue weighted by Gasteiger charge is -2.15. The van der Waals surface area contributed by atoms with E-state index in [4.69, 9.17) is 18.9 Å². The molecule has 1 N–H and O–H groups in total. The number of carbonyl (C=O) groups is 1. The molecule has 6 aromatic rings. The third-order valence-electron chi connectivity index (χ3n) is 6.60. The van der Waals surface area contributed by atoms with E-state index in [0.29, 0.717) is 39.3 Å². The summed E-state index contributed by atoms with van der Waals surface area (Å²) in [6.45, 7) is 1.45. The zero-order valence-corrected chi connectivity index (χ0v) is 21.6. The summed E-state index contributed by atoms with van der Waals surface area (Å²) in [6.07, 6.45) is 0.385. The molecule has 0 saturated carbocycles. The second-order valence-corrected chi connectivity index (χ2v) is 9.09. The monoisotopic (exact) mass is 533 g/mol. The molecule has 40 heavy (non-hydrogen) atoms. The van der Waals surface area contributed by atoms with Gasteiger partial charge < -0.3 is 19.0 Å². The predicted octanol–water partition coefficient (Wildman–Crippen LogP) is 5.71. The first-order valence-electron chi connectivity index (χ1n) is 12.5. The molecular formula is C31H23N3O6. The highest BCUT2D eigenvalue weighted by molar-refractivity contribution is 6.02. The summed E-state index contributed by atoms with van der Waals surface area (Å²) < 4.78 is 18.5. The second-order valence-electron chi connectivity index (χ2n) is 9.09. The van der Waals surface area contributed by atoms with E-state index in [0.717, 1.165) is 16.2 Å². The largest absolute Gasteiger partial charge is 0.496 e. The third-order valence-corrected chi connectivity index (χ3v) is 6.60. The van der Waals surface area contributed by atoms with Gasteiger partial charge in [-0.3, -0.25) is 4.79 Å². The molecule has 9 heteroatoms. The molecule has 4 aromatic carbocycles. The van der Waals surface area contributed by atoms with Gasteiger partial charge in [-0.15, -0.1) is 0 Å². The van der Waals surface area contributed by atoms with Crippen molar-refractivity contribution >= 4 is 44.8 Å². The Morgan fingerprint density at radius 2 is 1.75 bits per heavy atom. The molecule has 0 aliphatic rings. The molecule has 198 valence electrons. The molecule has 0 bridgehead atoms. The van der Waals surface area contributed by atoms with Crippen molar-refractivity contribution in [2.24, 2.45) is 5.10 Å². The summed E-state index contributed by atoms with van der Waals surface area (Å²) in [5.41, 5.74) is 1.18. The van der Waals surface area contributed by atoms with Crippen LogP contribution in [-0.2, 0) is 4.79 Å². The number of carboxylic acid groups (broad SMARTS) is 1. The minimum atomic E-state index is -1.10. The summed E-state index contributed by atoms with van der Waals surface area (Å²) in [5, 5.41) is 16.8. The number of rotatable bonds is 7. The maximum atomic E-state index is 13.7. The molecule has 0 aliphatic carbocycles. The van der Waals surface area contributed by atoms with Crippen molar-refractivity contribution in [1.82, 2.24) is 9.66 Å². The van der Waals surface area contributed by atoms with Crippen LogP contribution < -0.4 is 15.0 Å². The summed E-state index contributed by atoms with van der Waals surface area (Å²) >= 11 is 0. The Bertz CT molecular complexity index is 2010. The van der Waals surface area contributed by atoms with Gasteiger partial charge in [0, 0.05) is 5.56 Å². The number of benzene rings is 4. The van der Waals surface area contributed by atoms with Gasteiger partial charge in [0.25, 0.3) is 5.56 Å². The molecule has 9 nitrogen and oxygen atoms in total. The first-order chi connectivity index (χ1) is 19.4. The molecule has 0 spiro atoms. The van der Waals surface area contributed by atoms with Gasteiger partial charge in [-0.25, -0.2) is 9.78 Å². The number of aromatic nitrogens is 2. The average Bonchev–Trinajstić information content (AvgIpc) is 3.41. The zero-order valence-electron chi connectivity index (χ0n) is 21.6. The zero-order chi connectivity index (χ0) is 27.8. The fraction of sp³-hybridized carbons (Fsp3) is 0.0968. The molecule has 0 radical (unpaired) electrons. The lowest BCUT2D eigenvalue weighted by molar-refractivity contribution is -0.144. The molecule has 6 rings (SSSR count). The lowest BCUT2D eigenvalue weighted by Crippen LogP contribution is -2.23. The van der Waals surface area contributed by atoms with Crippen LogP contribution in [0.3, 0.4) is 0 Å². The highest BCUT2D eigenvalue weighted by Gasteiger charge is 2.19. The standard InChI is InChI=1S/C31H23N3O6/c1-18(31(36)37)39-27-15-14-19-8-3-4-9-20(19)23(27)17-32-34-29(33-24-11-6-5-10-21(24)30(34)35)28-16-22-25(38-2)12-7-13-26(22)40-28/h3-18H,1-2H3,(H,36,37)/t18-/m0/s1. The molecular weight excluding hydrogens is 510 g/mol. The molecule has 0 fully saturated rings. The Kier molecular flexibility index (Phi) is 6.24. The average molecular weight is 534 g/mol. The Balaban J connectivity index is 1.58. The number of nitrogens with zero attached hydrogens (tertiary/aromatic N) is 3. The maximum Gasteiger partial charge on any atom is 0.344 e. The van der Waals surface area contributed by atoms with Crippen LogP contribution in [0.25, 0.3) is 44.2 Å². The van der Waals surface area contributed by atoms with Gasteiger partial charge in [0.1, 0.15) is 17.1 Å². The highest BCUT2D eigenvalue weighted by atomic mass is 16.5. The van der Waals surface area contributed by atoms with Crippen LogP contribution in [0.4, 0.5) is 0 Å². The number of fused-ring (bicyclic) bond motifs is 3. The number of furan rings is 1. The van der Waals surface area contributed by atoms with Crippen LogP contribution in [-0.4, -0.2) is 40.2 Å². The number of carboxylic acids is 1. The SMILES string of the molecule is COc1cccc2oc(-c3nc4ccccc4c(=O)n3N=Cc3c(O[C@@H](C)C(=O)O)ccc4ccccc34)cc12. The Morgan fingerprint density at radius 1 is 0.975 bits per heavy atom. The van der Waals surface area contributed by atoms with E-state index in [1.54, 1.807) is 49.6 Å². The molecule has 1 atom stereocenters.